The number of hydrogen-bond donors (Lipinski definition) is 1. The summed E-state index contributed by atoms with van der Waals surface area (Å²) in [6.45, 7) is 6.78. The Kier molecular flexibility index (Phi) is 4.67. The van der Waals surface area contributed by atoms with E-state index in [1.807, 2.05) is 0 Å². The molecule has 0 aromatic carbocycles. The molecule has 0 aliphatic heterocycles. The highest BCUT2D eigenvalue weighted by Crippen LogP contribution is 2.32. The van der Waals surface area contributed by atoms with Crippen LogP contribution in [0.4, 0.5) is 0 Å². The highest BCUT2D eigenvalue weighted by Gasteiger charge is 2.31. The second kappa shape index (κ2) is 6.08. The molecule has 1 fully saturated rings. The number of aromatic nitrogens is 2. The quantitative estimate of drug-likeness (QED) is 0.880. The van der Waals surface area contributed by atoms with Crippen molar-refractivity contribution in [2.45, 2.75) is 77.3 Å². The summed E-state index contributed by atoms with van der Waals surface area (Å²) in [5, 5.41) is 4.75. The van der Waals surface area contributed by atoms with E-state index in [4.69, 9.17) is 10.8 Å². The van der Waals surface area contributed by atoms with E-state index in [0.29, 0.717) is 6.04 Å². The summed E-state index contributed by atoms with van der Waals surface area (Å²) in [6.07, 6.45) is 10.2. The fourth-order valence-electron chi connectivity index (χ4n) is 3.21. The van der Waals surface area contributed by atoms with E-state index in [-0.39, 0.29) is 5.54 Å². The Balaban J connectivity index is 1.99. The van der Waals surface area contributed by atoms with Crippen LogP contribution in [0, 0.1) is 5.92 Å². The smallest absolute Gasteiger partial charge is 0.0643 e. The minimum atomic E-state index is -0.0143. The van der Waals surface area contributed by atoms with Gasteiger partial charge in [0.15, 0.2) is 0 Å². The van der Waals surface area contributed by atoms with Crippen LogP contribution in [0.25, 0.3) is 0 Å². The van der Waals surface area contributed by atoms with E-state index in [9.17, 15) is 0 Å². The molecule has 0 spiro atoms. The average Bonchev–Trinajstić information content (AvgIpc) is 2.83. The summed E-state index contributed by atoms with van der Waals surface area (Å²) in [4.78, 5) is 0. The Morgan fingerprint density at radius 2 is 2.00 bits per heavy atom. The average molecular weight is 263 g/mol. The van der Waals surface area contributed by atoms with Crippen molar-refractivity contribution >= 4 is 0 Å². The van der Waals surface area contributed by atoms with E-state index in [1.54, 1.807) is 0 Å². The van der Waals surface area contributed by atoms with E-state index in [1.165, 1.54) is 18.5 Å². The molecule has 1 saturated carbocycles. The van der Waals surface area contributed by atoms with Gasteiger partial charge in [0.1, 0.15) is 0 Å². The van der Waals surface area contributed by atoms with E-state index < -0.39 is 0 Å². The van der Waals surface area contributed by atoms with Gasteiger partial charge in [-0.05, 0) is 50.5 Å². The van der Waals surface area contributed by atoms with Crippen LogP contribution in [-0.2, 0) is 6.42 Å². The van der Waals surface area contributed by atoms with Crippen molar-refractivity contribution in [2.75, 3.05) is 0 Å². The van der Waals surface area contributed by atoms with E-state index >= 15 is 0 Å². The molecule has 1 aliphatic rings. The highest BCUT2D eigenvalue weighted by molar-refractivity contribution is 5.07. The van der Waals surface area contributed by atoms with Gasteiger partial charge in [-0.2, -0.15) is 5.10 Å². The van der Waals surface area contributed by atoms with Gasteiger partial charge in [0.2, 0.25) is 0 Å². The minimum absolute atomic E-state index is 0.0143. The van der Waals surface area contributed by atoms with Gasteiger partial charge in [-0.1, -0.05) is 20.8 Å². The van der Waals surface area contributed by atoms with E-state index in [0.717, 1.165) is 38.0 Å². The first-order valence-corrected chi connectivity index (χ1v) is 7.89. The normalized spacial score (nSPS) is 27.9. The molecule has 3 nitrogen and oxygen atoms in total. The molecule has 2 N–H and O–H groups in total. The topological polar surface area (TPSA) is 43.8 Å². The maximum absolute atomic E-state index is 6.55. The lowest BCUT2D eigenvalue weighted by atomic mass is 9.75. The first-order chi connectivity index (χ1) is 9.06. The molecule has 108 valence electrons. The molecule has 0 unspecified atom stereocenters. The number of nitrogens with zero attached hydrogens (tertiary/aromatic N) is 2. The van der Waals surface area contributed by atoms with Gasteiger partial charge >= 0.3 is 0 Å². The molecule has 0 atom stereocenters. The largest absolute Gasteiger partial charge is 0.325 e. The fourth-order valence-corrected chi connectivity index (χ4v) is 3.21. The molecule has 1 aromatic heterocycles. The molecule has 3 heteroatoms. The van der Waals surface area contributed by atoms with Crippen molar-refractivity contribution in [1.82, 2.24) is 9.78 Å². The van der Waals surface area contributed by atoms with Crippen molar-refractivity contribution in [3.8, 4) is 0 Å². The zero-order valence-corrected chi connectivity index (χ0v) is 12.7. The minimum Gasteiger partial charge on any atom is -0.325 e. The summed E-state index contributed by atoms with van der Waals surface area (Å²) in [5.41, 5.74) is 7.71. The monoisotopic (exact) mass is 263 g/mol. The first kappa shape index (κ1) is 14.6. The molecule has 0 bridgehead atoms. The molecule has 1 heterocycles. The number of rotatable bonds is 5. The van der Waals surface area contributed by atoms with Crippen molar-refractivity contribution in [1.29, 1.82) is 0 Å². The van der Waals surface area contributed by atoms with Gasteiger partial charge < -0.3 is 5.73 Å². The van der Waals surface area contributed by atoms with Gasteiger partial charge in [-0.25, -0.2) is 0 Å². The standard InChI is InChI=1S/C16H29N3/c1-4-15(5-2)19-11-8-14(18-19)12-16(17)9-6-13(3)7-10-16/h8,11,13,15H,4-7,9-10,12,17H2,1-3H3. The first-order valence-electron chi connectivity index (χ1n) is 7.89. The lowest BCUT2D eigenvalue weighted by Gasteiger charge is -2.35. The Morgan fingerprint density at radius 1 is 1.37 bits per heavy atom. The van der Waals surface area contributed by atoms with Gasteiger partial charge in [-0.15, -0.1) is 0 Å². The van der Waals surface area contributed by atoms with Crippen LogP contribution in [0.15, 0.2) is 12.3 Å². The summed E-state index contributed by atoms with van der Waals surface area (Å²) in [6, 6.07) is 2.69. The molecule has 1 aromatic rings. The molecule has 0 amide bonds. The maximum Gasteiger partial charge on any atom is 0.0643 e. The molecular weight excluding hydrogens is 234 g/mol. The Hall–Kier alpha value is -0.830. The molecule has 19 heavy (non-hydrogen) atoms. The SMILES string of the molecule is CCC(CC)n1ccc(CC2(N)CCC(C)CC2)n1. The van der Waals surface area contributed by atoms with Crippen molar-refractivity contribution in [2.24, 2.45) is 11.7 Å². The lowest BCUT2D eigenvalue weighted by Crippen LogP contribution is -2.45. The number of nitrogens with two attached hydrogens (primary N) is 1. The van der Waals surface area contributed by atoms with Crippen LogP contribution in [0.5, 0.6) is 0 Å². The number of hydrogen-bond acceptors (Lipinski definition) is 2. The molecular formula is C16H29N3. The molecule has 0 radical (unpaired) electrons. The van der Waals surface area contributed by atoms with Crippen molar-refractivity contribution in [3.63, 3.8) is 0 Å². The third-order valence-electron chi connectivity index (χ3n) is 4.78. The van der Waals surface area contributed by atoms with E-state index in [2.05, 4.69) is 37.7 Å². The maximum atomic E-state index is 6.55. The Morgan fingerprint density at radius 3 is 2.58 bits per heavy atom. The summed E-state index contributed by atoms with van der Waals surface area (Å²) < 4.78 is 2.13. The van der Waals surface area contributed by atoms with Gasteiger partial charge in [-0.3, -0.25) is 4.68 Å². The van der Waals surface area contributed by atoms with Gasteiger partial charge in [0.05, 0.1) is 11.7 Å². The zero-order valence-electron chi connectivity index (χ0n) is 12.7. The van der Waals surface area contributed by atoms with Crippen LogP contribution in [0.3, 0.4) is 0 Å². The lowest BCUT2D eigenvalue weighted by molar-refractivity contribution is 0.241. The zero-order chi connectivity index (χ0) is 13.9. The van der Waals surface area contributed by atoms with Crippen molar-refractivity contribution in [3.05, 3.63) is 18.0 Å². The van der Waals surface area contributed by atoms with Gasteiger partial charge in [0.25, 0.3) is 0 Å². The van der Waals surface area contributed by atoms with Crippen LogP contribution in [-0.4, -0.2) is 15.3 Å². The predicted octanol–water partition coefficient (Wildman–Crippen LogP) is 3.69. The van der Waals surface area contributed by atoms with Crippen LogP contribution in [0.1, 0.15) is 71.0 Å². The molecule has 2 rings (SSSR count). The Bertz CT molecular complexity index is 384. The summed E-state index contributed by atoms with van der Waals surface area (Å²) in [7, 11) is 0. The van der Waals surface area contributed by atoms with Crippen LogP contribution >= 0.6 is 0 Å². The van der Waals surface area contributed by atoms with Crippen LogP contribution < -0.4 is 5.73 Å². The second-order valence-electron chi connectivity index (χ2n) is 6.48. The third-order valence-corrected chi connectivity index (χ3v) is 4.78. The molecule has 1 aliphatic carbocycles. The predicted molar refractivity (Wildman–Crippen MR) is 80.1 cm³/mol. The fraction of sp³-hybridized carbons (Fsp3) is 0.812. The van der Waals surface area contributed by atoms with Crippen LogP contribution in [0.2, 0.25) is 0 Å². The summed E-state index contributed by atoms with van der Waals surface area (Å²) in [5.74, 6) is 0.846. The second-order valence-corrected chi connectivity index (χ2v) is 6.48. The summed E-state index contributed by atoms with van der Waals surface area (Å²) >= 11 is 0. The third kappa shape index (κ3) is 3.59. The highest BCUT2D eigenvalue weighted by atomic mass is 15.3. The Labute approximate surface area is 117 Å². The van der Waals surface area contributed by atoms with Gasteiger partial charge in [0, 0.05) is 18.2 Å². The molecule has 0 saturated heterocycles. The van der Waals surface area contributed by atoms with Crippen molar-refractivity contribution < 1.29 is 0 Å².